The molecule has 3 nitrogen and oxygen atoms in total. The Labute approximate surface area is 123 Å². The van der Waals surface area contributed by atoms with Gasteiger partial charge in [-0.05, 0) is 37.9 Å². The topological polar surface area (TPSA) is 18.5 Å². The van der Waals surface area contributed by atoms with Crippen molar-refractivity contribution in [3.8, 4) is 0 Å². The summed E-state index contributed by atoms with van der Waals surface area (Å²) in [5.74, 6) is 0.864. The van der Waals surface area contributed by atoms with Crippen molar-refractivity contribution in [3.05, 3.63) is 35.9 Å². The van der Waals surface area contributed by atoms with E-state index >= 15 is 0 Å². The first-order valence-electron chi connectivity index (χ1n) is 8.00. The van der Waals surface area contributed by atoms with Crippen molar-refractivity contribution >= 4 is 0 Å². The summed E-state index contributed by atoms with van der Waals surface area (Å²) in [6.07, 6.45) is 2.78. The highest BCUT2D eigenvalue weighted by Crippen LogP contribution is 2.21. The van der Waals surface area contributed by atoms with Crippen LogP contribution in [0.25, 0.3) is 0 Å². The zero-order valence-corrected chi connectivity index (χ0v) is 12.6. The van der Waals surface area contributed by atoms with E-state index in [2.05, 4.69) is 52.5 Å². The van der Waals surface area contributed by atoms with Crippen LogP contribution in [0.3, 0.4) is 0 Å². The van der Waals surface area contributed by atoms with Crippen molar-refractivity contribution in [1.82, 2.24) is 15.1 Å². The van der Waals surface area contributed by atoms with Crippen LogP contribution in [0.1, 0.15) is 24.4 Å². The molecule has 3 heteroatoms. The lowest BCUT2D eigenvalue weighted by molar-refractivity contribution is 0.127. The van der Waals surface area contributed by atoms with Crippen LogP contribution in [-0.2, 0) is 0 Å². The SMILES string of the molecule is CN1CCCC(CN2CCNC(c3ccccc3)C2)C1. The highest BCUT2D eigenvalue weighted by atomic mass is 15.2. The highest BCUT2D eigenvalue weighted by molar-refractivity contribution is 5.19. The quantitative estimate of drug-likeness (QED) is 0.908. The van der Waals surface area contributed by atoms with E-state index in [4.69, 9.17) is 0 Å². The first-order valence-corrected chi connectivity index (χ1v) is 8.00. The van der Waals surface area contributed by atoms with Crippen molar-refractivity contribution in [2.75, 3.05) is 46.3 Å². The third-order valence-electron chi connectivity index (χ3n) is 4.70. The summed E-state index contributed by atoms with van der Waals surface area (Å²) in [7, 11) is 2.26. The number of nitrogens with one attached hydrogen (secondary N) is 1. The maximum Gasteiger partial charge on any atom is 0.0449 e. The van der Waals surface area contributed by atoms with Crippen LogP contribution >= 0.6 is 0 Å². The van der Waals surface area contributed by atoms with Crippen LogP contribution in [0.5, 0.6) is 0 Å². The van der Waals surface area contributed by atoms with Crippen molar-refractivity contribution < 1.29 is 0 Å². The van der Waals surface area contributed by atoms with Crippen LogP contribution in [0.2, 0.25) is 0 Å². The van der Waals surface area contributed by atoms with Gasteiger partial charge in [0.15, 0.2) is 0 Å². The molecule has 0 bridgehead atoms. The van der Waals surface area contributed by atoms with Crippen LogP contribution in [0.15, 0.2) is 30.3 Å². The molecule has 0 amide bonds. The normalized spacial score (nSPS) is 29.4. The van der Waals surface area contributed by atoms with Crippen molar-refractivity contribution in [2.24, 2.45) is 5.92 Å². The smallest absolute Gasteiger partial charge is 0.0449 e. The lowest BCUT2D eigenvalue weighted by Gasteiger charge is -2.38. The number of nitrogens with zero attached hydrogens (tertiary/aromatic N) is 2. The predicted molar refractivity (Wildman–Crippen MR) is 83.8 cm³/mol. The Kier molecular flexibility index (Phi) is 4.71. The molecule has 0 aromatic heterocycles. The number of rotatable bonds is 3. The molecule has 2 saturated heterocycles. The van der Waals surface area contributed by atoms with Gasteiger partial charge in [-0.2, -0.15) is 0 Å². The summed E-state index contributed by atoms with van der Waals surface area (Å²) in [6.45, 7) is 7.30. The second-order valence-electron chi connectivity index (χ2n) is 6.45. The van der Waals surface area contributed by atoms with E-state index in [-0.39, 0.29) is 0 Å². The average molecular weight is 273 g/mol. The summed E-state index contributed by atoms with van der Waals surface area (Å²) in [4.78, 5) is 5.16. The Morgan fingerprint density at radius 3 is 2.80 bits per heavy atom. The van der Waals surface area contributed by atoms with Gasteiger partial charge in [-0.3, -0.25) is 4.90 Å². The number of piperidine rings is 1. The standard InChI is InChI=1S/C17H27N3/c1-19-10-5-6-15(12-19)13-20-11-9-18-17(14-20)16-7-3-2-4-8-16/h2-4,7-8,15,17-18H,5-6,9-14H2,1H3. The molecule has 2 atom stereocenters. The minimum Gasteiger partial charge on any atom is -0.308 e. The van der Waals surface area contributed by atoms with Gasteiger partial charge in [0.1, 0.15) is 0 Å². The monoisotopic (exact) mass is 273 g/mol. The van der Waals surface area contributed by atoms with Crippen molar-refractivity contribution in [2.45, 2.75) is 18.9 Å². The summed E-state index contributed by atoms with van der Waals surface area (Å²) in [5.41, 5.74) is 1.43. The molecule has 0 spiro atoms. The molecule has 2 aliphatic heterocycles. The molecule has 3 rings (SSSR count). The van der Waals surface area contributed by atoms with E-state index in [9.17, 15) is 0 Å². The number of piperazine rings is 1. The molecule has 1 aromatic carbocycles. The molecule has 2 aliphatic rings. The van der Waals surface area contributed by atoms with E-state index in [1.54, 1.807) is 0 Å². The van der Waals surface area contributed by atoms with Gasteiger partial charge in [0, 0.05) is 38.8 Å². The van der Waals surface area contributed by atoms with Crippen molar-refractivity contribution in [1.29, 1.82) is 0 Å². The summed E-state index contributed by atoms with van der Waals surface area (Å²) in [5, 5.41) is 3.66. The maximum atomic E-state index is 3.66. The van der Waals surface area contributed by atoms with Crippen LogP contribution in [0, 0.1) is 5.92 Å². The fraction of sp³-hybridized carbons (Fsp3) is 0.647. The largest absolute Gasteiger partial charge is 0.308 e. The Balaban J connectivity index is 1.55. The molecule has 20 heavy (non-hydrogen) atoms. The average Bonchev–Trinajstić information content (AvgIpc) is 2.48. The molecule has 2 unspecified atom stereocenters. The second kappa shape index (κ2) is 6.70. The molecule has 0 radical (unpaired) electrons. The summed E-state index contributed by atoms with van der Waals surface area (Å²) >= 11 is 0. The van der Waals surface area contributed by atoms with Gasteiger partial charge >= 0.3 is 0 Å². The zero-order chi connectivity index (χ0) is 13.8. The Bertz CT molecular complexity index is 406. The number of hydrogen-bond acceptors (Lipinski definition) is 3. The number of benzene rings is 1. The minimum absolute atomic E-state index is 0.506. The molecule has 2 heterocycles. The second-order valence-corrected chi connectivity index (χ2v) is 6.45. The van der Waals surface area contributed by atoms with Gasteiger partial charge in [-0.1, -0.05) is 30.3 Å². The Hall–Kier alpha value is -0.900. The minimum atomic E-state index is 0.506. The molecule has 1 N–H and O–H groups in total. The van der Waals surface area contributed by atoms with E-state index in [1.807, 2.05) is 0 Å². The van der Waals surface area contributed by atoms with Crippen LogP contribution < -0.4 is 5.32 Å². The van der Waals surface area contributed by atoms with E-state index in [1.165, 1.54) is 44.6 Å². The molecule has 2 fully saturated rings. The molecular weight excluding hydrogens is 246 g/mol. The van der Waals surface area contributed by atoms with Gasteiger partial charge in [-0.15, -0.1) is 0 Å². The van der Waals surface area contributed by atoms with Crippen molar-refractivity contribution in [3.63, 3.8) is 0 Å². The van der Waals surface area contributed by atoms with Gasteiger partial charge in [-0.25, -0.2) is 0 Å². The molecule has 1 aromatic rings. The number of hydrogen-bond donors (Lipinski definition) is 1. The van der Waals surface area contributed by atoms with Gasteiger partial charge in [0.25, 0.3) is 0 Å². The third kappa shape index (κ3) is 3.60. The van der Waals surface area contributed by atoms with E-state index in [0.29, 0.717) is 6.04 Å². The van der Waals surface area contributed by atoms with Gasteiger partial charge < -0.3 is 10.2 Å². The first-order chi connectivity index (χ1) is 9.81. The summed E-state index contributed by atoms with van der Waals surface area (Å²) < 4.78 is 0. The van der Waals surface area contributed by atoms with E-state index in [0.717, 1.165) is 19.0 Å². The molecule has 0 saturated carbocycles. The van der Waals surface area contributed by atoms with E-state index < -0.39 is 0 Å². The Morgan fingerprint density at radius 1 is 1.15 bits per heavy atom. The zero-order valence-electron chi connectivity index (χ0n) is 12.6. The predicted octanol–water partition coefficient (Wildman–Crippen LogP) is 1.97. The highest BCUT2D eigenvalue weighted by Gasteiger charge is 2.24. The maximum absolute atomic E-state index is 3.66. The fourth-order valence-electron chi connectivity index (χ4n) is 3.67. The molecule has 0 aliphatic carbocycles. The van der Waals surface area contributed by atoms with Crippen LogP contribution in [-0.4, -0.2) is 56.1 Å². The van der Waals surface area contributed by atoms with Crippen LogP contribution in [0.4, 0.5) is 0 Å². The first kappa shape index (κ1) is 14.1. The van der Waals surface area contributed by atoms with Gasteiger partial charge in [0.05, 0.1) is 0 Å². The molecule has 110 valence electrons. The lowest BCUT2D eigenvalue weighted by Crippen LogP contribution is -2.49. The molecular formula is C17H27N3. The Morgan fingerprint density at radius 2 is 2.00 bits per heavy atom. The fourth-order valence-corrected chi connectivity index (χ4v) is 3.67. The number of likely N-dealkylation sites (tertiary alicyclic amines) is 1. The van der Waals surface area contributed by atoms with Gasteiger partial charge in [0.2, 0.25) is 0 Å². The summed E-state index contributed by atoms with van der Waals surface area (Å²) in [6, 6.07) is 11.4. The lowest BCUT2D eigenvalue weighted by atomic mass is 9.96. The third-order valence-corrected chi connectivity index (χ3v) is 4.70.